The summed E-state index contributed by atoms with van der Waals surface area (Å²) in [5.41, 5.74) is 0.761. The average Bonchev–Trinajstić information content (AvgIpc) is 2.36. The van der Waals surface area contributed by atoms with Gasteiger partial charge in [0.25, 0.3) is 0 Å². The molecule has 0 spiro atoms. The summed E-state index contributed by atoms with van der Waals surface area (Å²) in [6.07, 6.45) is 0.801. The van der Waals surface area contributed by atoms with Crippen LogP contribution in [-0.4, -0.2) is 32.7 Å². The number of amides is 1. The molecule has 0 fully saturated rings. The van der Waals surface area contributed by atoms with Gasteiger partial charge in [-0.25, -0.2) is 0 Å². The fourth-order valence-electron chi connectivity index (χ4n) is 1.30. The minimum Gasteiger partial charge on any atom is -0.385 e. The van der Waals surface area contributed by atoms with Crippen molar-refractivity contribution in [3.8, 4) is 0 Å². The van der Waals surface area contributed by atoms with Gasteiger partial charge in [-0.2, -0.15) is 0 Å². The summed E-state index contributed by atoms with van der Waals surface area (Å²) in [6.45, 7) is 1.45. The van der Waals surface area contributed by atoms with Gasteiger partial charge in [-0.05, 0) is 24.6 Å². The minimum absolute atomic E-state index is 0.0721. The number of carbonyl (C=O) groups excluding carboxylic acids is 1. The summed E-state index contributed by atoms with van der Waals surface area (Å²) < 4.78 is 4.88. The van der Waals surface area contributed by atoms with Crippen molar-refractivity contribution in [3.05, 3.63) is 28.2 Å². The lowest BCUT2D eigenvalue weighted by Crippen LogP contribution is -2.31. The molecule has 0 aliphatic carbocycles. The highest BCUT2D eigenvalue weighted by molar-refractivity contribution is 6.42. The molecule has 1 aromatic rings. The van der Waals surface area contributed by atoms with Crippen molar-refractivity contribution in [2.24, 2.45) is 0 Å². The maximum absolute atomic E-state index is 11.5. The molecule has 0 aliphatic rings. The molecule has 0 heterocycles. The zero-order chi connectivity index (χ0) is 13.4. The summed E-state index contributed by atoms with van der Waals surface area (Å²) in [6, 6.07) is 5.14. The van der Waals surface area contributed by atoms with Crippen LogP contribution in [0.1, 0.15) is 6.42 Å². The highest BCUT2D eigenvalue weighted by Crippen LogP contribution is 2.24. The number of hydrogen-bond acceptors (Lipinski definition) is 3. The standard InChI is InChI=1S/C12H16Cl2N2O2/c1-18-6-2-5-15-12(17)8-16-9-3-4-10(13)11(14)7-9/h3-4,7,16H,2,5-6,8H2,1H3,(H,15,17). The zero-order valence-electron chi connectivity index (χ0n) is 10.1. The van der Waals surface area contributed by atoms with E-state index in [1.807, 2.05) is 0 Å². The van der Waals surface area contributed by atoms with E-state index in [-0.39, 0.29) is 12.5 Å². The van der Waals surface area contributed by atoms with Crippen molar-refractivity contribution in [1.29, 1.82) is 0 Å². The van der Waals surface area contributed by atoms with Crippen molar-refractivity contribution in [2.75, 3.05) is 32.1 Å². The smallest absolute Gasteiger partial charge is 0.239 e. The molecule has 0 unspecified atom stereocenters. The number of benzene rings is 1. The third-order valence-corrected chi connectivity index (χ3v) is 2.96. The first-order valence-corrected chi connectivity index (χ1v) is 6.33. The normalized spacial score (nSPS) is 10.2. The molecular formula is C12H16Cl2N2O2. The third-order valence-electron chi connectivity index (χ3n) is 2.22. The van der Waals surface area contributed by atoms with Crippen LogP contribution in [0.5, 0.6) is 0 Å². The average molecular weight is 291 g/mol. The Bertz CT molecular complexity index is 400. The predicted molar refractivity (Wildman–Crippen MR) is 74.5 cm³/mol. The van der Waals surface area contributed by atoms with Gasteiger partial charge in [0, 0.05) is 25.9 Å². The predicted octanol–water partition coefficient (Wildman–Crippen LogP) is 2.56. The fourth-order valence-corrected chi connectivity index (χ4v) is 1.59. The molecule has 0 saturated heterocycles. The second kappa shape index (κ2) is 8.19. The minimum atomic E-state index is -0.0721. The van der Waals surface area contributed by atoms with Gasteiger partial charge in [-0.3, -0.25) is 4.79 Å². The Hall–Kier alpha value is -0.970. The highest BCUT2D eigenvalue weighted by atomic mass is 35.5. The first-order chi connectivity index (χ1) is 8.63. The summed E-state index contributed by atoms with van der Waals surface area (Å²) in [4.78, 5) is 11.5. The lowest BCUT2D eigenvalue weighted by molar-refractivity contribution is -0.119. The summed E-state index contributed by atoms with van der Waals surface area (Å²) in [5, 5.41) is 6.69. The van der Waals surface area contributed by atoms with Gasteiger partial charge < -0.3 is 15.4 Å². The Morgan fingerprint density at radius 2 is 2.11 bits per heavy atom. The lowest BCUT2D eigenvalue weighted by atomic mass is 10.3. The van der Waals surface area contributed by atoms with Crippen LogP contribution in [0.2, 0.25) is 10.0 Å². The molecule has 1 amide bonds. The van der Waals surface area contributed by atoms with Crippen LogP contribution in [0.4, 0.5) is 5.69 Å². The van der Waals surface area contributed by atoms with Gasteiger partial charge in [0.2, 0.25) is 5.91 Å². The Morgan fingerprint density at radius 1 is 1.33 bits per heavy atom. The van der Waals surface area contributed by atoms with Crippen LogP contribution in [0, 0.1) is 0 Å². The van der Waals surface area contributed by atoms with Crippen molar-refractivity contribution < 1.29 is 9.53 Å². The fraction of sp³-hybridized carbons (Fsp3) is 0.417. The third kappa shape index (κ3) is 5.58. The highest BCUT2D eigenvalue weighted by Gasteiger charge is 2.02. The quantitative estimate of drug-likeness (QED) is 0.759. The molecule has 0 bridgehead atoms. The molecule has 100 valence electrons. The molecule has 0 atom stereocenters. The van der Waals surface area contributed by atoms with Crippen molar-refractivity contribution in [3.63, 3.8) is 0 Å². The number of halogens is 2. The second-order valence-corrected chi connectivity index (χ2v) is 4.49. The number of rotatable bonds is 7. The van der Waals surface area contributed by atoms with Crippen LogP contribution >= 0.6 is 23.2 Å². The first kappa shape index (κ1) is 15.1. The number of hydrogen-bond donors (Lipinski definition) is 2. The van der Waals surface area contributed by atoms with E-state index in [1.165, 1.54) is 0 Å². The van der Waals surface area contributed by atoms with Crippen LogP contribution in [0.25, 0.3) is 0 Å². The van der Waals surface area contributed by atoms with Crippen molar-refractivity contribution in [2.45, 2.75) is 6.42 Å². The van der Waals surface area contributed by atoms with Crippen LogP contribution < -0.4 is 10.6 Å². The van der Waals surface area contributed by atoms with Crippen molar-refractivity contribution >= 4 is 34.8 Å². The molecule has 1 rings (SSSR count). The number of methoxy groups -OCH3 is 1. The van der Waals surface area contributed by atoms with Gasteiger partial charge in [0.05, 0.1) is 16.6 Å². The lowest BCUT2D eigenvalue weighted by Gasteiger charge is -2.08. The van der Waals surface area contributed by atoms with E-state index in [1.54, 1.807) is 25.3 Å². The van der Waals surface area contributed by atoms with Gasteiger partial charge in [-0.1, -0.05) is 23.2 Å². The van der Waals surface area contributed by atoms with Gasteiger partial charge >= 0.3 is 0 Å². The van der Waals surface area contributed by atoms with Gasteiger partial charge in [0.1, 0.15) is 0 Å². The molecule has 0 aliphatic heterocycles. The van der Waals surface area contributed by atoms with E-state index in [0.29, 0.717) is 23.2 Å². The van der Waals surface area contributed by atoms with Gasteiger partial charge in [0.15, 0.2) is 0 Å². The molecule has 18 heavy (non-hydrogen) atoms. The molecule has 2 N–H and O–H groups in total. The van der Waals surface area contributed by atoms with Crippen LogP contribution in [0.3, 0.4) is 0 Å². The number of nitrogens with one attached hydrogen (secondary N) is 2. The Morgan fingerprint density at radius 3 is 2.78 bits per heavy atom. The van der Waals surface area contributed by atoms with E-state index in [4.69, 9.17) is 27.9 Å². The van der Waals surface area contributed by atoms with E-state index in [2.05, 4.69) is 10.6 Å². The molecule has 6 heteroatoms. The largest absolute Gasteiger partial charge is 0.385 e. The number of carbonyl (C=O) groups is 1. The monoisotopic (exact) mass is 290 g/mol. The first-order valence-electron chi connectivity index (χ1n) is 5.58. The second-order valence-electron chi connectivity index (χ2n) is 3.68. The topological polar surface area (TPSA) is 50.4 Å². The number of anilines is 1. The Kier molecular flexibility index (Phi) is 6.86. The Labute approximate surface area is 117 Å². The van der Waals surface area contributed by atoms with E-state index in [9.17, 15) is 4.79 Å². The molecule has 0 radical (unpaired) electrons. The van der Waals surface area contributed by atoms with E-state index in [0.717, 1.165) is 12.1 Å². The SMILES string of the molecule is COCCCNC(=O)CNc1ccc(Cl)c(Cl)c1. The Balaban J connectivity index is 2.27. The maximum Gasteiger partial charge on any atom is 0.239 e. The maximum atomic E-state index is 11.5. The van der Waals surface area contributed by atoms with Gasteiger partial charge in [-0.15, -0.1) is 0 Å². The van der Waals surface area contributed by atoms with E-state index < -0.39 is 0 Å². The van der Waals surface area contributed by atoms with Crippen LogP contribution in [-0.2, 0) is 9.53 Å². The zero-order valence-corrected chi connectivity index (χ0v) is 11.6. The summed E-state index contributed by atoms with van der Waals surface area (Å²) in [7, 11) is 1.63. The summed E-state index contributed by atoms with van der Waals surface area (Å²) >= 11 is 11.7. The number of ether oxygens (including phenoxy) is 1. The summed E-state index contributed by atoms with van der Waals surface area (Å²) in [5.74, 6) is -0.0721. The molecule has 0 aromatic heterocycles. The molecule has 1 aromatic carbocycles. The molecular weight excluding hydrogens is 275 g/mol. The van der Waals surface area contributed by atoms with Crippen LogP contribution in [0.15, 0.2) is 18.2 Å². The van der Waals surface area contributed by atoms with E-state index >= 15 is 0 Å². The molecule has 0 saturated carbocycles. The van der Waals surface area contributed by atoms with Crippen molar-refractivity contribution in [1.82, 2.24) is 5.32 Å². The molecule has 4 nitrogen and oxygen atoms in total.